The number of esters is 3. The predicted molar refractivity (Wildman–Crippen MR) is 102 cm³/mol. The number of ether oxygens (including phenoxy) is 3. The van der Waals surface area contributed by atoms with Crippen LogP contribution in [0.25, 0.3) is 0 Å². The minimum absolute atomic E-state index is 0.0596. The zero-order valence-electron chi connectivity index (χ0n) is 17.2. The number of hydrogen-bond donors (Lipinski definition) is 0. The summed E-state index contributed by atoms with van der Waals surface area (Å²) in [5.74, 6) is -3.74. The minimum atomic E-state index is -1.67. The van der Waals surface area contributed by atoms with Gasteiger partial charge >= 0.3 is 27.4 Å². The third kappa shape index (κ3) is 8.17. The molecule has 0 saturated heterocycles. The van der Waals surface area contributed by atoms with Gasteiger partial charge in [0, 0.05) is 38.0 Å². The van der Waals surface area contributed by atoms with E-state index in [9.17, 15) is 14.4 Å². The number of rotatable bonds is 9. The first kappa shape index (κ1) is 25.7. The molecule has 158 valence electrons. The van der Waals surface area contributed by atoms with E-state index in [0.29, 0.717) is 0 Å². The summed E-state index contributed by atoms with van der Waals surface area (Å²) < 4.78 is 29.5. The van der Waals surface area contributed by atoms with Crippen molar-refractivity contribution in [2.45, 2.75) is 39.1 Å². The van der Waals surface area contributed by atoms with Crippen molar-refractivity contribution in [3.05, 3.63) is 36.5 Å². The first-order chi connectivity index (χ1) is 12.9. The van der Waals surface area contributed by atoms with Crippen LogP contribution >= 0.6 is 0 Å². The summed E-state index contributed by atoms with van der Waals surface area (Å²) in [6.45, 7) is 14.7. The van der Waals surface area contributed by atoms with Crippen molar-refractivity contribution >= 4 is 27.4 Å². The lowest BCUT2D eigenvalue weighted by molar-refractivity contribution is -0.201. The molecule has 1 saturated carbocycles. The van der Waals surface area contributed by atoms with Crippen LogP contribution in [0.1, 0.15) is 27.2 Å². The monoisotopic (exact) mass is 416 g/mol. The van der Waals surface area contributed by atoms with Gasteiger partial charge in [-0.15, -0.1) is 0 Å². The zero-order chi connectivity index (χ0) is 22.1. The molecule has 0 spiro atoms. The summed E-state index contributed by atoms with van der Waals surface area (Å²) in [7, 11) is 3.05. The van der Waals surface area contributed by atoms with Crippen molar-refractivity contribution in [3.63, 3.8) is 0 Å². The van der Waals surface area contributed by atoms with Crippen LogP contribution in [-0.2, 0) is 41.9 Å². The van der Waals surface area contributed by atoms with Crippen LogP contribution in [0.3, 0.4) is 0 Å². The molecular weight excluding hydrogens is 388 g/mol. The Bertz CT molecular complexity index is 603. The fourth-order valence-corrected chi connectivity index (χ4v) is 2.15. The number of hydrogen-bond acceptors (Lipinski definition) is 9. The normalized spacial score (nSPS) is 16.2. The molecule has 10 heteroatoms. The molecule has 0 aliphatic heterocycles. The maximum absolute atomic E-state index is 11.6. The van der Waals surface area contributed by atoms with Gasteiger partial charge in [0.05, 0.1) is 6.42 Å². The fourth-order valence-electron chi connectivity index (χ4n) is 1.57. The maximum Gasteiger partial charge on any atom is 0.483 e. The van der Waals surface area contributed by atoms with E-state index in [1.54, 1.807) is 21.3 Å². The van der Waals surface area contributed by atoms with E-state index < -0.39 is 39.3 Å². The largest absolute Gasteiger partial charge is 0.483 e. The molecule has 1 fully saturated rings. The van der Waals surface area contributed by atoms with Crippen LogP contribution in [0, 0.1) is 0 Å². The summed E-state index contributed by atoms with van der Waals surface area (Å²) in [4.78, 5) is 34.7. The topological polar surface area (TPSA) is 107 Å². The zero-order valence-corrected chi connectivity index (χ0v) is 18.3. The Kier molecular flexibility index (Phi) is 10.6. The van der Waals surface area contributed by atoms with E-state index in [0.717, 1.165) is 0 Å². The van der Waals surface area contributed by atoms with Gasteiger partial charge in [-0.3, -0.25) is 0 Å². The summed E-state index contributed by atoms with van der Waals surface area (Å²) in [6.07, 6.45) is -0.808. The molecular formula is C18H28O9Si. The predicted octanol–water partition coefficient (Wildman–Crippen LogP) is 1.46. The summed E-state index contributed by atoms with van der Waals surface area (Å²) in [5, 5.41) is 0. The molecule has 0 N–H and O–H groups in total. The molecule has 1 aliphatic rings. The second-order valence-electron chi connectivity index (χ2n) is 6.03. The highest BCUT2D eigenvalue weighted by atomic mass is 28.3. The van der Waals surface area contributed by atoms with Crippen molar-refractivity contribution in [1.82, 2.24) is 0 Å². The van der Waals surface area contributed by atoms with Gasteiger partial charge in [0.25, 0.3) is 5.79 Å². The number of carbonyl (C=O) groups is 3. The van der Waals surface area contributed by atoms with E-state index in [1.807, 2.05) is 0 Å². The second kappa shape index (κ2) is 11.5. The molecule has 0 aromatic rings. The lowest BCUT2D eigenvalue weighted by Gasteiger charge is -2.19. The quantitative estimate of drug-likeness (QED) is 0.239. The Hall–Kier alpha value is -2.27. The van der Waals surface area contributed by atoms with Gasteiger partial charge in [-0.05, 0) is 20.8 Å². The lowest BCUT2D eigenvalue weighted by Crippen LogP contribution is -2.32. The van der Waals surface area contributed by atoms with Gasteiger partial charge in [-0.25, -0.2) is 14.4 Å². The van der Waals surface area contributed by atoms with Gasteiger partial charge in [0.15, 0.2) is 6.10 Å². The lowest BCUT2D eigenvalue weighted by atomic mass is 10.3. The summed E-state index contributed by atoms with van der Waals surface area (Å²) in [5.41, 5.74) is 0.462. The molecule has 0 bridgehead atoms. The molecule has 1 aliphatic carbocycles. The van der Waals surface area contributed by atoms with Gasteiger partial charge in [-0.1, -0.05) is 19.7 Å². The molecule has 0 aromatic carbocycles. The smallest absolute Gasteiger partial charge is 0.450 e. The van der Waals surface area contributed by atoms with Crippen molar-refractivity contribution in [2.75, 3.05) is 21.3 Å². The summed E-state index contributed by atoms with van der Waals surface area (Å²) >= 11 is 0. The van der Waals surface area contributed by atoms with Crippen LogP contribution in [-0.4, -0.2) is 60.7 Å². The third-order valence-electron chi connectivity index (χ3n) is 3.20. The Balaban J connectivity index is 0.000000887. The van der Waals surface area contributed by atoms with Crippen LogP contribution in [0.15, 0.2) is 36.5 Å². The number of carbonyl (C=O) groups excluding carboxylic acids is 3. The second-order valence-corrected chi connectivity index (χ2v) is 8.02. The third-order valence-corrected chi connectivity index (χ3v) is 4.36. The van der Waals surface area contributed by atoms with E-state index in [2.05, 4.69) is 19.7 Å². The van der Waals surface area contributed by atoms with Gasteiger partial charge < -0.3 is 27.5 Å². The van der Waals surface area contributed by atoms with Gasteiger partial charge in [-0.2, -0.15) is 0 Å². The Morgan fingerprint density at radius 1 is 0.786 bits per heavy atom. The Labute approximate surface area is 166 Å². The molecule has 0 radical (unpaired) electrons. The highest BCUT2D eigenvalue weighted by Gasteiger charge is 2.66. The Morgan fingerprint density at radius 3 is 1.39 bits per heavy atom. The van der Waals surface area contributed by atoms with Gasteiger partial charge in [0.1, 0.15) is 0 Å². The van der Waals surface area contributed by atoms with Crippen molar-refractivity contribution in [2.24, 2.45) is 0 Å². The average Bonchev–Trinajstić information content (AvgIpc) is 3.27. The molecule has 0 amide bonds. The average molecular weight is 416 g/mol. The van der Waals surface area contributed by atoms with Crippen molar-refractivity contribution < 1.29 is 41.9 Å². The van der Waals surface area contributed by atoms with E-state index >= 15 is 0 Å². The summed E-state index contributed by atoms with van der Waals surface area (Å²) in [6, 6.07) is 0. The maximum atomic E-state index is 11.6. The van der Waals surface area contributed by atoms with Crippen molar-refractivity contribution in [1.29, 1.82) is 0 Å². The fraction of sp³-hybridized carbons (Fsp3) is 0.500. The van der Waals surface area contributed by atoms with Crippen LogP contribution in [0.2, 0.25) is 0 Å². The van der Waals surface area contributed by atoms with E-state index in [4.69, 9.17) is 27.5 Å². The highest BCUT2D eigenvalue weighted by Crippen LogP contribution is 2.45. The molecule has 1 atom stereocenters. The molecule has 1 rings (SSSR count). The van der Waals surface area contributed by atoms with E-state index in [1.165, 1.54) is 20.8 Å². The SMILES string of the molecule is C=C(C)C(=O)OC1CC1(OC(=O)C(=C)C)OC(=O)C(=C)C.CO[SiH](OC)OC. The first-order valence-electron chi connectivity index (χ1n) is 8.16. The first-order valence-corrected chi connectivity index (χ1v) is 9.58. The highest BCUT2D eigenvalue weighted by molar-refractivity contribution is 6.36. The van der Waals surface area contributed by atoms with Crippen LogP contribution < -0.4 is 0 Å². The molecule has 28 heavy (non-hydrogen) atoms. The standard InChI is InChI=1S/C15H18O6.C3H10O3Si/c1-8(2)12(16)19-11-7-15(11,20-13(17)9(3)4)21-14(18)10(5)6;1-4-7(5-2)6-3/h11H,1,3,5,7H2,2,4,6H3;7H,1-3H3. The molecule has 1 unspecified atom stereocenters. The minimum Gasteiger partial charge on any atom is -0.450 e. The van der Waals surface area contributed by atoms with Crippen molar-refractivity contribution in [3.8, 4) is 0 Å². The molecule has 0 heterocycles. The Morgan fingerprint density at radius 2 is 1.14 bits per heavy atom. The van der Waals surface area contributed by atoms with Gasteiger partial charge in [0.2, 0.25) is 0 Å². The molecule has 0 aromatic heterocycles. The van der Waals surface area contributed by atoms with Crippen LogP contribution in [0.4, 0.5) is 0 Å². The van der Waals surface area contributed by atoms with E-state index in [-0.39, 0.29) is 23.1 Å². The van der Waals surface area contributed by atoms with Crippen LogP contribution in [0.5, 0.6) is 0 Å². The molecule has 9 nitrogen and oxygen atoms in total.